The lowest BCUT2D eigenvalue weighted by atomic mass is 10.3. The van der Waals surface area contributed by atoms with Crippen LogP contribution in [0.4, 0.5) is 29.7 Å². The molecular weight excluding hydrogens is 379 g/mol. The first-order chi connectivity index (χ1) is 12.8. The normalized spacial score (nSPS) is 11.1. The van der Waals surface area contributed by atoms with Gasteiger partial charge in [-0.05, 0) is 31.2 Å². The van der Waals surface area contributed by atoms with Gasteiger partial charge in [-0.25, -0.2) is 4.98 Å². The van der Waals surface area contributed by atoms with Gasteiger partial charge in [0, 0.05) is 17.4 Å². The number of nitrogens with one attached hydrogen (secondary N) is 2. The van der Waals surface area contributed by atoms with Crippen LogP contribution < -0.4 is 15.4 Å². The number of thiazole rings is 1. The van der Waals surface area contributed by atoms with Crippen molar-refractivity contribution in [2.75, 3.05) is 10.6 Å². The highest BCUT2D eigenvalue weighted by Gasteiger charge is 2.31. The van der Waals surface area contributed by atoms with E-state index in [1.54, 1.807) is 6.92 Å². The van der Waals surface area contributed by atoms with Gasteiger partial charge in [-0.1, -0.05) is 35.6 Å². The van der Waals surface area contributed by atoms with E-state index in [1.807, 2.05) is 30.3 Å². The van der Waals surface area contributed by atoms with Crippen molar-refractivity contribution in [1.82, 2.24) is 4.98 Å². The summed E-state index contributed by atoms with van der Waals surface area (Å²) in [6.07, 6.45) is -4.80. The van der Waals surface area contributed by atoms with Crippen molar-refractivity contribution in [3.63, 3.8) is 0 Å². The number of carbonyl (C=O) groups is 1. The molecule has 3 rings (SSSR count). The fourth-order valence-corrected chi connectivity index (χ4v) is 3.15. The summed E-state index contributed by atoms with van der Waals surface area (Å²) in [6, 6.07) is 14.4. The molecule has 5 nitrogen and oxygen atoms in total. The van der Waals surface area contributed by atoms with Crippen molar-refractivity contribution in [3.8, 4) is 5.75 Å². The minimum Gasteiger partial charge on any atom is -0.406 e. The summed E-state index contributed by atoms with van der Waals surface area (Å²) in [5.41, 5.74) is 1.53. The Labute approximate surface area is 156 Å². The van der Waals surface area contributed by atoms with Crippen LogP contribution in [0.15, 0.2) is 54.6 Å². The van der Waals surface area contributed by atoms with E-state index < -0.39 is 18.0 Å². The second kappa shape index (κ2) is 7.67. The van der Waals surface area contributed by atoms with Crippen LogP contribution in [0.1, 0.15) is 15.4 Å². The summed E-state index contributed by atoms with van der Waals surface area (Å²) in [6.45, 7) is 1.69. The molecular formula is C18H14F3N3O2S. The second-order valence-electron chi connectivity index (χ2n) is 5.45. The minimum absolute atomic E-state index is 0.187. The highest BCUT2D eigenvalue weighted by Crippen LogP contribution is 2.28. The summed E-state index contributed by atoms with van der Waals surface area (Å²) >= 11 is 1.15. The summed E-state index contributed by atoms with van der Waals surface area (Å²) in [4.78, 5) is 17.1. The van der Waals surface area contributed by atoms with Crippen LogP contribution >= 0.6 is 11.3 Å². The van der Waals surface area contributed by atoms with Crippen LogP contribution in [0.3, 0.4) is 0 Å². The first kappa shape index (κ1) is 18.7. The van der Waals surface area contributed by atoms with E-state index in [1.165, 1.54) is 12.1 Å². The Balaban J connectivity index is 1.72. The van der Waals surface area contributed by atoms with Gasteiger partial charge in [0.05, 0.1) is 5.69 Å². The van der Waals surface area contributed by atoms with Gasteiger partial charge in [-0.15, -0.1) is 13.2 Å². The Morgan fingerprint density at radius 3 is 2.48 bits per heavy atom. The number of carbonyl (C=O) groups excluding carboxylic acids is 1. The van der Waals surface area contributed by atoms with Gasteiger partial charge in [0.1, 0.15) is 10.6 Å². The topological polar surface area (TPSA) is 63.2 Å². The molecule has 1 amide bonds. The van der Waals surface area contributed by atoms with E-state index in [0.717, 1.165) is 29.2 Å². The average molecular weight is 393 g/mol. The van der Waals surface area contributed by atoms with Crippen molar-refractivity contribution in [2.45, 2.75) is 13.3 Å². The molecule has 27 heavy (non-hydrogen) atoms. The number of aryl methyl sites for hydroxylation is 1. The molecule has 1 aromatic heterocycles. The zero-order valence-electron chi connectivity index (χ0n) is 14.0. The summed E-state index contributed by atoms with van der Waals surface area (Å²) < 4.78 is 40.8. The standard InChI is InChI=1S/C18H14F3N3O2S/c1-11-15(27-17(22-11)24-12-6-3-2-4-7-12)16(25)23-13-8-5-9-14(10-13)26-18(19,20)21/h2-10H,1H3,(H,22,24)(H,23,25). The monoisotopic (exact) mass is 393 g/mol. The molecule has 0 aliphatic heterocycles. The Morgan fingerprint density at radius 2 is 1.78 bits per heavy atom. The number of hydrogen-bond donors (Lipinski definition) is 2. The first-order valence-corrected chi connectivity index (χ1v) is 8.58. The maximum absolute atomic E-state index is 12.5. The van der Waals surface area contributed by atoms with Gasteiger partial charge in [0.25, 0.3) is 5.91 Å². The van der Waals surface area contributed by atoms with Gasteiger partial charge < -0.3 is 15.4 Å². The molecule has 0 unspecified atom stereocenters. The van der Waals surface area contributed by atoms with Crippen LogP contribution in [-0.2, 0) is 0 Å². The predicted octanol–water partition coefficient (Wildman–Crippen LogP) is 5.35. The van der Waals surface area contributed by atoms with Crippen LogP contribution in [0.2, 0.25) is 0 Å². The van der Waals surface area contributed by atoms with E-state index in [2.05, 4.69) is 20.4 Å². The number of para-hydroxylation sites is 1. The first-order valence-electron chi connectivity index (χ1n) is 7.77. The number of rotatable bonds is 5. The smallest absolute Gasteiger partial charge is 0.406 e. The number of benzene rings is 2. The predicted molar refractivity (Wildman–Crippen MR) is 97.7 cm³/mol. The Morgan fingerprint density at radius 1 is 1.07 bits per heavy atom. The molecule has 0 aliphatic carbocycles. The third kappa shape index (κ3) is 5.20. The zero-order chi connectivity index (χ0) is 19.4. The van der Waals surface area contributed by atoms with Gasteiger partial charge in [0.15, 0.2) is 5.13 Å². The fraction of sp³-hybridized carbons (Fsp3) is 0.111. The molecule has 0 atom stereocenters. The van der Waals surface area contributed by atoms with E-state index >= 15 is 0 Å². The number of amides is 1. The van der Waals surface area contributed by atoms with Crippen molar-refractivity contribution >= 4 is 33.8 Å². The Bertz CT molecular complexity index is 943. The number of ether oxygens (including phenoxy) is 1. The molecule has 1 heterocycles. The van der Waals surface area contributed by atoms with Crippen molar-refractivity contribution < 1.29 is 22.7 Å². The molecule has 0 bridgehead atoms. The maximum atomic E-state index is 12.5. The third-order valence-electron chi connectivity index (χ3n) is 3.35. The van der Waals surface area contributed by atoms with Gasteiger partial charge >= 0.3 is 6.36 Å². The van der Waals surface area contributed by atoms with Crippen molar-refractivity contribution in [3.05, 3.63) is 65.2 Å². The van der Waals surface area contributed by atoms with Crippen LogP contribution in [0.25, 0.3) is 0 Å². The van der Waals surface area contributed by atoms with E-state index in [0.29, 0.717) is 15.7 Å². The molecule has 0 spiro atoms. The lowest BCUT2D eigenvalue weighted by molar-refractivity contribution is -0.274. The summed E-state index contributed by atoms with van der Waals surface area (Å²) in [5, 5.41) is 6.20. The fourth-order valence-electron chi connectivity index (χ4n) is 2.26. The van der Waals surface area contributed by atoms with Crippen molar-refractivity contribution in [1.29, 1.82) is 0 Å². The molecule has 2 N–H and O–H groups in total. The summed E-state index contributed by atoms with van der Waals surface area (Å²) in [5.74, 6) is -0.872. The second-order valence-corrected chi connectivity index (χ2v) is 6.45. The average Bonchev–Trinajstić information content (AvgIpc) is 2.95. The lowest BCUT2D eigenvalue weighted by Crippen LogP contribution is -2.17. The Hall–Kier alpha value is -3.07. The molecule has 9 heteroatoms. The van der Waals surface area contributed by atoms with Crippen LogP contribution in [0, 0.1) is 6.92 Å². The number of halogens is 3. The molecule has 0 radical (unpaired) electrons. The number of alkyl halides is 3. The van der Waals surface area contributed by atoms with E-state index in [4.69, 9.17) is 0 Å². The number of aromatic nitrogens is 1. The lowest BCUT2D eigenvalue weighted by Gasteiger charge is -2.10. The van der Waals surface area contributed by atoms with Crippen molar-refractivity contribution in [2.24, 2.45) is 0 Å². The van der Waals surface area contributed by atoms with Crippen LogP contribution in [0.5, 0.6) is 5.75 Å². The number of anilines is 3. The molecule has 0 saturated carbocycles. The highest BCUT2D eigenvalue weighted by atomic mass is 32.1. The zero-order valence-corrected chi connectivity index (χ0v) is 14.8. The summed E-state index contributed by atoms with van der Waals surface area (Å²) in [7, 11) is 0. The molecule has 140 valence electrons. The molecule has 2 aromatic carbocycles. The highest BCUT2D eigenvalue weighted by molar-refractivity contribution is 7.17. The molecule has 3 aromatic rings. The third-order valence-corrected chi connectivity index (χ3v) is 4.42. The minimum atomic E-state index is -4.80. The molecule has 0 saturated heterocycles. The van der Waals surface area contributed by atoms with Gasteiger partial charge in [0.2, 0.25) is 0 Å². The maximum Gasteiger partial charge on any atom is 0.573 e. The van der Waals surface area contributed by atoms with Gasteiger partial charge in [-0.2, -0.15) is 0 Å². The molecule has 0 aliphatic rings. The largest absolute Gasteiger partial charge is 0.573 e. The number of nitrogens with zero attached hydrogens (tertiary/aromatic N) is 1. The Kier molecular flexibility index (Phi) is 5.31. The van der Waals surface area contributed by atoms with E-state index in [-0.39, 0.29) is 5.69 Å². The number of hydrogen-bond acceptors (Lipinski definition) is 5. The SMILES string of the molecule is Cc1nc(Nc2ccccc2)sc1C(=O)Nc1cccc(OC(F)(F)F)c1. The molecule has 0 fully saturated rings. The van der Waals surface area contributed by atoms with E-state index in [9.17, 15) is 18.0 Å². The van der Waals surface area contributed by atoms with Crippen LogP contribution in [-0.4, -0.2) is 17.3 Å². The quantitative estimate of drug-likeness (QED) is 0.614. The van der Waals surface area contributed by atoms with Gasteiger partial charge in [-0.3, -0.25) is 4.79 Å².